The molecule has 0 radical (unpaired) electrons. The Bertz CT molecular complexity index is 381. The fourth-order valence-electron chi connectivity index (χ4n) is 2.64. The van der Waals surface area contributed by atoms with Crippen LogP contribution in [0, 0.1) is 6.92 Å². The molecule has 3 nitrogen and oxygen atoms in total. The Morgan fingerprint density at radius 3 is 2.50 bits per heavy atom. The molecule has 3 heteroatoms. The second-order valence-corrected chi connectivity index (χ2v) is 5.33. The Balaban J connectivity index is 2.18. The van der Waals surface area contributed by atoms with Crippen LogP contribution in [0.15, 0.2) is 12.3 Å². The minimum atomic E-state index is 0.120. The summed E-state index contributed by atoms with van der Waals surface area (Å²) < 4.78 is 0. The van der Waals surface area contributed by atoms with Gasteiger partial charge in [-0.05, 0) is 43.4 Å². The molecule has 1 saturated heterocycles. The average molecular weight is 247 g/mol. The van der Waals surface area contributed by atoms with Crippen LogP contribution in [-0.2, 0) is 0 Å². The van der Waals surface area contributed by atoms with Crippen LogP contribution >= 0.6 is 0 Å². The van der Waals surface area contributed by atoms with Crippen LogP contribution in [0.2, 0.25) is 0 Å². The topological polar surface area (TPSA) is 42.1 Å². The second kappa shape index (κ2) is 6.19. The van der Waals surface area contributed by atoms with Gasteiger partial charge < -0.3 is 10.6 Å². The van der Waals surface area contributed by atoms with Gasteiger partial charge in [0, 0.05) is 25.3 Å². The van der Waals surface area contributed by atoms with Crippen molar-refractivity contribution in [3.05, 3.63) is 23.4 Å². The summed E-state index contributed by atoms with van der Waals surface area (Å²) in [6.45, 7) is 6.56. The first kappa shape index (κ1) is 13.3. The van der Waals surface area contributed by atoms with Crippen LogP contribution in [0.5, 0.6) is 0 Å². The summed E-state index contributed by atoms with van der Waals surface area (Å²) in [5.41, 5.74) is 8.49. The SMILES string of the molecule is CC[C@H](N)c1cnc(N2CCCCCC2)c(C)c1. The van der Waals surface area contributed by atoms with Gasteiger partial charge in [0.05, 0.1) is 0 Å². The number of hydrogen-bond donors (Lipinski definition) is 1. The van der Waals surface area contributed by atoms with Gasteiger partial charge in [0.2, 0.25) is 0 Å². The van der Waals surface area contributed by atoms with E-state index in [2.05, 4.69) is 29.8 Å². The van der Waals surface area contributed by atoms with Gasteiger partial charge in [0.25, 0.3) is 0 Å². The zero-order chi connectivity index (χ0) is 13.0. The van der Waals surface area contributed by atoms with Gasteiger partial charge in [-0.3, -0.25) is 0 Å². The van der Waals surface area contributed by atoms with Crippen LogP contribution in [0.25, 0.3) is 0 Å². The summed E-state index contributed by atoms with van der Waals surface area (Å²) in [5, 5.41) is 0. The molecule has 0 aromatic carbocycles. The van der Waals surface area contributed by atoms with Gasteiger partial charge in [-0.15, -0.1) is 0 Å². The maximum atomic E-state index is 6.06. The Labute approximate surface area is 110 Å². The van der Waals surface area contributed by atoms with Crippen LogP contribution in [0.1, 0.15) is 56.2 Å². The first-order valence-electron chi connectivity index (χ1n) is 7.19. The van der Waals surface area contributed by atoms with Crippen LogP contribution in [0.4, 0.5) is 5.82 Å². The van der Waals surface area contributed by atoms with Crippen LogP contribution in [0.3, 0.4) is 0 Å². The molecule has 0 amide bonds. The van der Waals surface area contributed by atoms with E-state index in [4.69, 9.17) is 5.73 Å². The van der Waals surface area contributed by atoms with Gasteiger partial charge >= 0.3 is 0 Å². The highest BCUT2D eigenvalue weighted by Gasteiger charge is 2.14. The molecule has 2 heterocycles. The molecule has 0 aliphatic carbocycles. The molecule has 0 unspecified atom stereocenters. The zero-order valence-electron chi connectivity index (χ0n) is 11.7. The van der Waals surface area contributed by atoms with E-state index in [1.807, 2.05) is 6.20 Å². The number of nitrogens with two attached hydrogens (primary N) is 1. The van der Waals surface area contributed by atoms with Gasteiger partial charge in [-0.1, -0.05) is 19.8 Å². The molecule has 1 aliphatic rings. The van der Waals surface area contributed by atoms with Crippen LogP contribution in [-0.4, -0.2) is 18.1 Å². The van der Waals surface area contributed by atoms with Crippen molar-refractivity contribution in [2.45, 2.75) is 52.0 Å². The molecular formula is C15H25N3. The standard InChI is InChI=1S/C15H25N3/c1-3-14(16)13-10-12(2)15(17-11-13)18-8-6-4-5-7-9-18/h10-11,14H,3-9,16H2,1-2H3/t14-/m0/s1. The Morgan fingerprint density at radius 2 is 1.94 bits per heavy atom. The molecule has 0 spiro atoms. The van der Waals surface area contributed by atoms with Crippen molar-refractivity contribution in [2.24, 2.45) is 5.73 Å². The molecule has 1 atom stereocenters. The lowest BCUT2D eigenvalue weighted by Crippen LogP contribution is -2.26. The van der Waals surface area contributed by atoms with E-state index in [0.29, 0.717) is 0 Å². The first-order valence-corrected chi connectivity index (χ1v) is 7.19. The lowest BCUT2D eigenvalue weighted by Gasteiger charge is -2.24. The van der Waals surface area contributed by atoms with Gasteiger partial charge in [-0.25, -0.2) is 4.98 Å². The highest BCUT2D eigenvalue weighted by molar-refractivity contribution is 5.47. The largest absolute Gasteiger partial charge is 0.356 e. The van der Waals surface area contributed by atoms with E-state index in [1.165, 1.54) is 31.2 Å². The van der Waals surface area contributed by atoms with E-state index in [0.717, 1.165) is 30.9 Å². The monoisotopic (exact) mass is 247 g/mol. The number of hydrogen-bond acceptors (Lipinski definition) is 3. The van der Waals surface area contributed by atoms with Gasteiger partial charge in [0.15, 0.2) is 0 Å². The fourth-order valence-corrected chi connectivity index (χ4v) is 2.64. The number of anilines is 1. The minimum Gasteiger partial charge on any atom is -0.356 e. The summed E-state index contributed by atoms with van der Waals surface area (Å²) in [5.74, 6) is 1.16. The Kier molecular flexibility index (Phi) is 4.59. The summed E-state index contributed by atoms with van der Waals surface area (Å²) in [4.78, 5) is 7.09. The Morgan fingerprint density at radius 1 is 1.28 bits per heavy atom. The van der Waals surface area contributed by atoms with E-state index in [-0.39, 0.29) is 6.04 Å². The minimum absolute atomic E-state index is 0.120. The number of aromatic nitrogens is 1. The molecule has 0 saturated carbocycles. The summed E-state index contributed by atoms with van der Waals surface area (Å²) in [6, 6.07) is 2.33. The number of aryl methyl sites for hydroxylation is 1. The van der Waals surface area contributed by atoms with Crippen LogP contribution < -0.4 is 10.6 Å². The maximum Gasteiger partial charge on any atom is 0.131 e. The van der Waals surface area contributed by atoms with Crippen molar-refractivity contribution in [2.75, 3.05) is 18.0 Å². The molecule has 0 bridgehead atoms. The van der Waals surface area contributed by atoms with E-state index >= 15 is 0 Å². The number of nitrogens with zero attached hydrogens (tertiary/aromatic N) is 2. The molecule has 2 N–H and O–H groups in total. The van der Waals surface area contributed by atoms with Crippen molar-refractivity contribution < 1.29 is 0 Å². The predicted octanol–water partition coefficient (Wildman–Crippen LogP) is 3.18. The quantitative estimate of drug-likeness (QED) is 0.892. The first-order chi connectivity index (χ1) is 8.72. The molecular weight excluding hydrogens is 222 g/mol. The predicted molar refractivity (Wildman–Crippen MR) is 76.9 cm³/mol. The highest BCUT2D eigenvalue weighted by Crippen LogP contribution is 2.24. The lowest BCUT2D eigenvalue weighted by atomic mass is 10.1. The lowest BCUT2D eigenvalue weighted by molar-refractivity contribution is 0.692. The summed E-state index contributed by atoms with van der Waals surface area (Å²) in [6.07, 6.45) is 8.21. The molecule has 2 rings (SSSR count). The highest BCUT2D eigenvalue weighted by atomic mass is 15.2. The maximum absolute atomic E-state index is 6.06. The zero-order valence-corrected chi connectivity index (χ0v) is 11.7. The number of pyridine rings is 1. The third kappa shape index (κ3) is 3.02. The molecule has 1 aromatic rings. The van der Waals surface area contributed by atoms with Crippen molar-refractivity contribution in [1.29, 1.82) is 0 Å². The van der Waals surface area contributed by atoms with E-state index in [9.17, 15) is 0 Å². The molecule has 100 valence electrons. The molecule has 1 aromatic heterocycles. The van der Waals surface area contributed by atoms with Crippen molar-refractivity contribution >= 4 is 5.82 Å². The number of rotatable bonds is 3. The van der Waals surface area contributed by atoms with Crippen molar-refractivity contribution in [3.8, 4) is 0 Å². The third-order valence-electron chi connectivity index (χ3n) is 3.85. The average Bonchev–Trinajstić information content (AvgIpc) is 2.66. The van der Waals surface area contributed by atoms with E-state index < -0.39 is 0 Å². The molecule has 1 fully saturated rings. The Hall–Kier alpha value is -1.09. The molecule has 18 heavy (non-hydrogen) atoms. The third-order valence-corrected chi connectivity index (χ3v) is 3.85. The van der Waals surface area contributed by atoms with Crippen molar-refractivity contribution in [1.82, 2.24) is 4.98 Å². The van der Waals surface area contributed by atoms with Crippen molar-refractivity contribution in [3.63, 3.8) is 0 Å². The fraction of sp³-hybridized carbons (Fsp3) is 0.667. The second-order valence-electron chi connectivity index (χ2n) is 5.33. The normalized spacial score (nSPS) is 18.5. The summed E-state index contributed by atoms with van der Waals surface area (Å²) in [7, 11) is 0. The van der Waals surface area contributed by atoms with Gasteiger partial charge in [-0.2, -0.15) is 0 Å². The van der Waals surface area contributed by atoms with E-state index in [1.54, 1.807) is 0 Å². The van der Waals surface area contributed by atoms with Gasteiger partial charge in [0.1, 0.15) is 5.82 Å². The summed E-state index contributed by atoms with van der Waals surface area (Å²) >= 11 is 0. The smallest absolute Gasteiger partial charge is 0.131 e. The molecule has 1 aliphatic heterocycles.